The topological polar surface area (TPSA) is 26.0 Å². The maximum absolute atomic E-state index is 6.06. The Labute approximate surface area is 100.0 Å². The summed E-state index contributed by atoms with van der Waals surface area (Å²) in [6.45, 7) is 0.754. The minimum atomic E-state index is 0. The van der Waals surface area contributed by atoms with E-state index in [2.05, 4.69) is 0 Å². The number of benzene rings is 1. The van der Waals surface area contributed by atoms with E-state index in [1.54, 1.807) is 6.07 Å². The van der Waals surface area contributed by atoms with Gasteiger partial charge in [0.25, 0.3) is 0 Å². The van der Waals surface area contributed by atoms with Crippen LogP contribution in [-0.2, 0) is 0 Å². The van der Waals surface area contributed by atoms with Crippen LogP contribution < -0.4 is 5.73 Å². The van der Waals surface area contributed by atoms with Crippen molar-refractivity contribution in [3.8, 4) is 0 Å². The summed E-state index contributed by atoms with van der Waals surface area (Å²) in [5.74, 6) is 1.19. The summed E-state index contributed by atoms with van der Waals surface area (Å²) in [6.07, 6.45) is 1.16. The lowest BCUT2D eigenvalue weighted by atomic mass is 10.1. The fourth-order valence-electron chi connectivity index (χ4n) is 1.69. The van der Waals surface area contributed by atoms with Crippen LogP contribution in [0, 0.1) is 5.92 Å². The van der Waals surface area contributed by atoms with Gasteiger partial charge in [-0.25, -0.2) is 0 Å². The van der Waals surface area contributed by atoms with Gasteiger partial charge in [0.2, 0.25) is 0 Å². The highest BCUT2D eigenvalue weighted by Crippen LogP contribution is 2.49. The van der Waals surface area contributed by atoms with Gasteiger partial charge in [0.15, 0.2) is 0 Å². The summed E-state index contributed by atoms with van der Waals surface area (Å²) in [5.41, 5.74) is 6.77. The summed E-state index contributed by atoms with van der Waals surface area (Å²) >= 11 is 11.9. The summed E-state index contributed by atoms with van der Waals surface area (Å²) in [4.78, 5) is 0. The highest BCUT2D eigenvalue weighted by molar-refractivity contribution is 6.35. The number of rotatable bonds is 2. The molecule has 0 amide bonds. The molecule has 0 saturated heterocycles. The Kier molecular flexibility index (Phi) is 4.08. The number of halogens is 3. The zero-order valence-corrected chi connectivity index (χ0v) is 9.87. The van der Waals surface area contributed by atoms with Crippen molar-refractivity contribution in [2.24, 2.45) is 11.7 Å². The minimum absolute atomic E-state index is 0. The first kappa shape index (κ1) is 12.1. The number of nitrogens with two attached hydrogens (primary N) is 1. The van der Waals surface area contributed by atoms with Crippen molar-refractivity contribution in [3.05, 3.63) is 33.8 Å². The van der Waals surface area contributed by atoms with E-state index in [-0.39, 0.29) is 12.4 Å². The predicted molar refractivity (Wildman–Crippen MR) is 63.6 cm³/mol. The molecule has 1 aliphatic rings. The normalized spacial score (nSPS) is 24.2. The van der Waals surface area contributed by atoms with Crippen LogP contribution >= 0.6 is 35.6 Å². The standard InChI is InChI=1S/C10H11Cl2N.ClH/c11-7-1-2-8(10(12)4-7)9-3-6(9)5-13;/h1-2,4,6,9H,3,5,13H2;1H. The molecule has 2 N–H and O–H groups in total. The van der Waals surface area contributed by atoms with Crippen LogP contribution in [0.2, 0.25) is 10.0 Å². The Morgan fingerprint density at radius 1 is 1.36 bits per heavy atom. The van der Waals surface area contributed by atoms with E-state index in [1.165, 1.54) is 5.56 Å². The molecule has 1 aliphatic carbocycles. The molecule has 1 nitrogen and oxygen atoms in total. The Morgan fingerprint density at radius 2 is 2.07 bits per heavy atom. The zero-order valence-electron chi connectivity index (χ0n) is 7.54. The van der Waals surface area contributed by atoms with E-state index in [0.29, 0.717) is 16.9 Å². The molecule has 0 aliphatic heterocycles. The second kappa shape index (κ2) is 4.71. The monoisotopic (exact) mass is 251 g/mol. The van der Waals surface area contributed by atoms with Crippen molar-refractivity contribution in [3.63, 3.8) is 0 Å². The molecule has 2 rings (SSSR count). The van der Waals surface area contributed by atoms with Gasteiger partial charge in [0, 0.05) is 10.0 Å². The Bertz CT molecular complexity index is 327. The summed E-state index contributed by atoms with van der Waals surface area (Å²) in [5, 5.41) is 1.46. The highest BCUT2D eigenvalue weighted by Gasteiger charge is 2.37. The molecule has 1 aromatic rings. The molecular weight excluding hydrogens is 240 g/mol. The van der Waals surface area contributed by atoms with Crippen LogP contribution in [0.4, 0.5) is 0 Å². The molecule has 78 valence electrons. The molecule has 1 fully saturated rings. The fraction of sp³-hybridized carbons (Fsp3) is 0.400. The van der Waals surface area contributed by atoms with E-state index in [1.807, 2.05) is 12.1 Å². The summed E-state index contributed by atoms with van der Waals surface area (Å²) in [7, 11) is 0. The largest absolute Gasteiger partial charge is 0.330 e. The molecule has 1 aromatic carbocycles. The first-order valence-electron chi connectivity index (χ1n) is 4.37. The van der Waals surface area contributed by atoms with Crippen molar-refractivity contribution >= 4 is 35.6 Å². The smallest absolute Gasteiger partial charge is 0.0455 e. The fourth-order valence-corrected chi connectivity index (χ4v) is 2.24. The SMILES string of the molecule is Cl.NCC1CC1c1ccc(Cl)cc1Cl. The molecule has 0 bridgehead atoms. The molecule has 4 heteroatoms. The minimum Gasteiger partial charge on any atom is -0.330 e. The lowest BCUT2D eigenvalue weighted by Crippen LogP contribution is -2.02. The van der Waals surface area contributed by atoms with E-state index in [9.17, 15) is 0 Å². The Hall–Kier alpha value is 0.0500. The third kappa shape index (κ3) is 2.34. The molecule has 14 heavy (non-hydrogen) atoms. The third-order valence-corrected chi connectivity index (χ3v) is 3.15. The van der Waals surface area contributed by atoms with Gasteiger partial charge in [-0.05, 0) is 42.5 Å². The van der Waals surface area contributed by atoms with Crippen molar-refractivity contribution in [2.45, 2.75) is 12.3 Å². The van der Waals surface area contributed by atoms with Gasteiger partial charge in [-0.15, -0.1) is 12.4 Å². The van der Waals surface area contributed by atoms with Crippen molar-refractivity contribution in [1.82, 2.24) is 0 Å². The van der Waals surface area contributed by atoms with Gasteiger partial charge < -0.3 is 5.73 Å². The van der Waals surface area contributed by atoms with E-state index in [4.69, 9.17) is 28.9 Å². The molecule has 2 unspecified atom stereocenters. The van der Waals surface area contributed by atoms with Crippen molar-refractivity contribution in [2.75, 3.05) is 6.54 Å². The average Bonchev–Trinajstić information content (AvgIpc) is 2.83. The Morgan fingerprint density at radius 3 is 2.57 bits per heavy atom. The van der Waals surface area contributed by atoms with Crippen LogP contribution in [0.15, 0.2) is 18.2 Å². The van der Waals surface area contributed by atoms with E-state index >= 15 is 0 Å². The van der Waals surface area contributed by atoms with Gasteiger partial charge in [-0.2, -0.15) is 0 Å². The summed E-state index contributed by atoms with van der Waals surface area (Å²) in [6, 6.07) is 5.68. The molecular formula is C10H12Cl3N. The second-order valence-corrected chi connectivity index (χ2v) is 4.35. The average molecular weight is 253 g/mol. The van der Waals surface area contributed by atoms with Crippen LogP contribution in [0.5, 0.6) is 0 Å². The van der Waals surface area contributed by atoms with E-state index < -0.39 is 0 Å². The van der Waals surface area contributed by atoms with Crippen LogP contribution in [0.1, 0.15) is 17.9 Å². The van der Waals surface area contributed by atoms with Crippen LogP contribution in [0.25, 0.3) is 0 Å². The third-order valence-electron chi connectivity index (χ3n) is 2.59. The maximum Gasteiger partial charge on any atom is 0.0455 e. The molecule has 1 saturated carbocycles. The van der Waals surface area contributed by atoms with Crippen molar-refractivity contribution < 1.29 is 0 Å². The van der Waals surface area contributed by atoms with Gasteiger partial charge in [0.1, 0.15) is 0 Å². The quantitative estimate of drug-likeness (QED) is 0.857. The van der Waals surface area contributed by atoms with Gasteiger partial charge in [0.05, 0.1) is 0 Å². The first-order chi connectivity index (χ1) is 6.22. The molecule has 0 aromatic heterocycles. The van der Waals surface area contributed by atoms with E-state index in [0.717, 1.165) is 18.0 Å². The number of hydrogen-bond acceptors (Lipinski definition) is 1. The van der Waals surface area contributed by atoms with Crippen LogP contribution in [-0.4, -0.2) is 6.54 Å². The maximum atomic E-state index is 6.06. The molecule has 0 heterocycles. The summed E-state index contributed by atoms with van der Waals surface area (Å²) < 4.78 is 0. The Balaban J connectivity index is 0.000000980. The molecule has 0 radical (unpaired) electrons. The van der Waals surface area contributed by atoms with Gasteiger partial charge in [-0.1, -0.05) is 29.3 Å². The lowest BCUT2D eigenvalue weighted by Gasteiger charge is -2.02. The van der Waals surface area contributed by atoms with Crippen LogP contribution in [0.3, 0.4) is 0 Å². The second-order valence-electron chi connectivity index (χ2n) is 3.50. The lowest BCUT2D eigenvalue weighted by molar-refractivity contribution is 0.810. The molecule has 0 spiro atoms. The predicted octanol–water partition coefficient (Wildman–Crippen LogP) is 3.48. The number of hydrogen-bond donors (Lipinski definition) is 1. The highest BCUT2D eigenvalue weighted by atomic mass is 35.5. The first-order valence-corrected chi connectivity index (χ1v) is 5.13. The molecule has 2 atom stereocenters. The van der Waals surface area contributed by atoms with Gasteiger partial charge >= 0.3 is 0 Å². The van der Waals surface area contributed by atoms with Gasteiger partial charge in [-0.3, -0.25) is 0 Å². The zero-order chi connectivity index (χ0) is 9.42. The van der Waals surface area contributed by atoms with Crippen molar-refractivity contribution in [1.29, 1.82) is 0 Å².